The SMILES string of the molecule is CC(C)(C)n1cc(C(=O)NCCc2cc3ccccc3[nH]2)nn1. The molecule has 2 heterocycles. The van der Waals surface area contributed by atoms with Crippen LogP contribution in [0.4, 0.5) is 0 Å². The Kier molecular flexibility index (Phi) is 3.90. The second-order valence-corrected chi connectivity index (χ2v) is 6.61. The number of carbonyl (C=O) groups is 1. The minimum atomic E-state index is -0.198. The number of nitrogens with one attached hydrogen (secondary N) is 2. The highest BCUT2D eigenvalue weighted by molar-refractivity contribution is 5.91. The first kappa shape index (κ1) is 15.3. The Morgan fingerprint density at radius 2 is 2.09 bits per heavy atom. The summed E-state index contributed by atoms with van der Waals surface area (Å²) in [5.41, 5.74) is 2.37. The molecule has 120 valence electrons. The van der Waals surface area contributed by atoms with E-state index in [4.69, 9.17) is 0 Å². The number of hydrogen-bond donors (Lipinski definition) is 2. The minimum absolute atomic E-state index is 0.185. The van der Waals surface area contributed by atoms with Gasteiger partial charge in [-0.15, -0.1) is 5.10 Å². The van der Waals surface area contributed by atoms with E-state index in [2.05, 4.69) is 32.7 Å². The molecule has 6 nitrogen and oxygen atoms in total. The van der Waals surface area contributed by atoms with Gasteiger partial charge in [-0.2, -0.15) is 0 Å². The van der Waals surface area contributed by atoms with E-state index in [-0.39, 0.29) is 11.4 Å². The number of benzene rings is 1. The van der Waals surface area contributed by atoms with Gasteiger partial charge in [-0.3, -0.25) is 4.79 Å². The molecule has 0 bridgehead atoms. The van der Waals surface area contributed by atoms with Crippen LogP contribution in [0.5, 0.6) is 0 Å². The first-order valence-corrected chi connectivity index (χ1v) is 7.71. The molecule has 0 saturated carbocycles. The fraction of sp³-hybridized carbons (Fsp3) is 0.353. The third-order valence-corrected chi connectivity index (χ3v) is 3.68. The molecule has 1 aromatic carbocycles. The largest absolute Gasteiger partial charge is 0.358 e. The Morgan fingerprint density at radius 3 is 2.78 bits per heavy atom. The summed E-state index contributed by atoms with van der Waals surface area (Å²) in [5.74, 6) is -0.198. The van der Waals surface area contributed by atoms with Crippen molar-refractivity contribution in [2.24, 2.45) is 0 Å². The molecule has 0 unspecified atom stereocenters. The van der Waals surface area contributed by atoms with Crippen LogP contribution in [0.15, 0.2) is 36.5 Å². The second kappa shape index (κ2) is 5.87. The summed E-state index contributed by atoms with van der Waals surface area (Å²) in [7, 11) is 0. The van der Waals surface area contributed by atoms with Crippen molar-refractivity contribution in [3.05, 3.63) is 47.9 Å². The van der Waals surface area contributed by atoms with Gasteiger partial charge in [-0.05, 0) is 38.3 Å². The van der Waals surface area contributed by atoms with Gasteiger partial charge in [-0.25, -0.2) is 4.68 Å². The Hall–Kier alpha value is -2.63. The summed E-state index contributed by atoms with van der Waals surface area (Å²) in [5, 5.41) is 12.0. The molecule has 2 aromatic heterocycles. The van der Waals surface area contributed by atoms with Crippen molar-refractivity contribution in [3.63, 3.8) is 0 Å². The maximum absolute atomic E-state index is 12.1. The molecule has 2 N–H and O–H groups in total. The first-order chi connectivity index (χ1) is 10.9. The summed E-state index contributed by atoms with van der Waals surface area (Å²) in [6.45, 7) is 6.59. The van der Waals surface area contributed by atoms with E-state index < -0.39 is 0 Å². The van der Waals surface area contributed by atoms with Gasteiger partial charge < -0.3 is 10.3 Å². The predicted octanol–water partition coefficient (Wildman–Crippen LogP) is 2.49. The molecule has 0 fully saturated rings. The van der Waals surface area contributed by atoms with Crippen LogP contribution in [0.1, 0.15) is 37.0 Å². The normalized spacial score (nSPS) is 11.8. The Balaban J connectivity index is 1.57. The van der Waals surface area contributed by atoms with Crippen molar-refractivity contribution in [2.45, 2.75) is 32.7 Å². The smallest absolute Gasteiger partial charge is 0.273 e. The monoisotopic (exact) mass is 311 g/mol. The molecule has 6 heteroatoms. The van der Waals surface area contributed by atoms with Crippen LogP contribution in [0.2, 0.25) is 0 Å². The molecule has 3 rings (SSSR count). The molecular formula is C17H21N5O. The molecule has 0 aliphatic carbocycles. The fourth-order valence-electron chi connectivity index (χ4n) is 2.37. The lowest BCUT2D eigenvalue weighted by molar-refractivity contribution is 0.0949. The number of aromatic nitrogens is 4. The van der Waals surface area contributed by atoms with Crippen LogP contribution >= 0.6 is 0 Å². The van der Waals surface area contributed by atoms with Gasteiger partial charge in [0.1, 0.15) is 0 Å². The summed E-state index contributed by atoms with van der Waals surface area (Å²) in [6.07, 6.45) is 2.42. The lowest BCUT2D eigenvalue weighted by Crippen LogP contribution is -2.26. The predicted molar refractivity (Wildman–Crippen MR) is 89.4 cm³/mol. The summed E-state index contributed by atoms with van der Waals surface area (Å²) < 4.78 is 1.69. The first-order valence-electron chi connectivity index (χ1n) is 7.71. The molecule has 23 heavy (non-hydrogen) atoms. The fourth-order valence-corrected chi connectivity index (χ4v) is 2.37. The lowest BCUT2D eigenvalue weighted by atomic mass is 10.1. The van der Waals surface area contributed by atoms with Gasteiger partial charge in [0, 0.05) is 24.2 Å². The standard InChI is InChI=1S/C17H21N5O/c1-17(2,3)22-11-15(20-21-22)16(23)18-9-8-13-10-12-6-4-5-7-14(12)19-13/h4-7,10-11,19H,8-9H2,1-3H3,(H,18,23). The van der Waals surface area contributed by atoms with Crippen molar-refractivity contribution in [1.82, 2.24) is 25.3 Å². The Labute approximate surface area is 134 Å². The van der Waals surface area contributed by atoms with Crippen LogP contribution in [0, 0.1) is 0 Å². The van der Waals surface area contributed by atoms with Crippen LogP contribution in [0.3, 0.4) is 0 Å². The van der Waals surface area contributed by atoms with E-state index in [1.807, 2.05) is 39.0 Å². The summed E-state index contributed by atoms with van der Waals surface area (Å²) in [4.78, 5) is 15.5. The highest BCUT2D eigenvalue weighted by Gasteiger charge is 2.18. The third-order valence-electron chi connectivity index (χ3n) is 3.68. The van der Waals surface area contributed by atoms with E-state index >= 15 is 0 Å². The number of fused-ring (bicyclic) bond motifs is 1. The van der Waals surface area contributed by atoms with Gasteiger partial charge in [0.25, 0.3) is 5.91 Å². The lowest BCUT2D eigenvalue weighted by Gasteiger charge is -2.17. The Bertz CT molecular complexity index is 792. The van der Waals surface area contributed by atoms with Crippen LogP contribution < -0.4 is 5.32 Å². The van der Waals surface area contributed by atoms with Crippen molar-refractivity contribution in [1.29, 1.82) is 0 Å². The minimum Gasteiger partial charge on any atom is -0.358 e. The van der Waals surface area contributed by atoms with Crippen LogP contribution in [0.25, 0.3) is 10.9 Å². The second-order valence-electron chi connectivity index (χ2n) is 6.61. The van der Waals surface area contributed by atoms with Crippen molar-refractivity contribution in [2.75, 3.05) is 6.54 Å². The summed E-state index contributed by atoms with van der Waals surface area (Å²) in [6, 6.07) is 10.2. The van der Waals surface area contributed by atoms with Crippen LogP contribution in [-0.2, 0) is 12.0 Å². The molecule has 0 aliphatic heterocycles. The zero-order valence-electron chi connectivity index (χ0n) is 13.6. The maximum atomic E-state index is 12.1. The third kappa shape index (κ3) is 3.41. The molecule has 3 aromatic rings. The van der Waals surface area contributed by atoms with Gasteiger partial charge in [0.2, 0.25) is 0 Å². The molecule has 0 aliphatic rings. The summed E-state index contributed by atoms with van der Waals surface area (Å²) >= 11 is 0. The average molecular weight is 311 g/mol. The topological polar surface area (TPSA) is 75.6 Å². The zero-order chi connectivity index (χ0) is 16.4. The molecule has 0 spiro atoms. The Morgan fingerprint density at radius 1 is 1.30 bits per heavy atom. The molecule has 0 saturated heterocycles. The van der Waals surface area contributed by atoms with Gasteiger partial charge >= 0.3 is 0 Å². The van der Waals surface area contributed by atoms with E-state index in [0.29, 0.717) is 12.2 Å². The number of hydrogen-bond acceptors (Lipinski definition) is 3. The van der Waals surface area contributed by atoms with Gasteiger partial charge in [-0.1, -0.05) is 23.4 Å². The molecule has 0 atom stereocenters. The molecular weight excluding hydrogens is 290 g/mol. The molecule has 0 radical (unpaired) electrons. The number of amides is 1. The van der Waals surface area contributed by atoms with Crippen molar-refractivity contribution in [3.8, 4) is 0 Å². The number of nitrogens with zero attached hydrogens (tertiary/aromatic N) is 3. The number of para-hydroxylation sites is 1. The number of rotatable bonds is 4. The highest BCUT2D eigenvalue weighted by Crippen LogP contribution is 2.15. The van der Waals surface area contributed by atoms with Crippen molar-refractivity contribution < 1.29 is 4.79 Å². The van der Waals surface area contributed by atoms with E-state index in [1.165, 1.54) is 5.39 Å². The van der Waals surface area contributed by atoms with E-state index in [9.17, 15) is 4.79 Å². The molecule has 1 amide bonds. The van der Waals surface area contributed by atoms with Gasteiger partial charge in [0.05, 0.1) is 11.7 Å². The number of H-pyrrole nitrogens is 1. The number of carbonyl (C=O) groups excluding carboxylic acids is 1. The van der Waals surface area contributed by atoms with E-state index in [1.54, 1.807) is 10.9 Å². The van der Waals surface area contributed by atoms with Crippen LogP contribution in [-0.4, -0.2) is 32.4 Å². The number of aromatic amines is 1. The zero-order valence-corrected chi connectivity index (χ0v) is 13.6. The van der Waals surface area contributed by atoms with E-state index in [0.717, 1.165) is 17.6 Å². The van der Waals surface area contributed by atoms with Gasteiger partial charge in [0.15, 0.2) is 5.69 Å². The maximum Gasteiger partial charge on any atom is 0.273 e. The average Bonchev–Trinajstić information content (AvgIpc) is 3.13. The van der Waals surface area contributed by atoms with Crippen molar-refractivity contribution >= 4 is 16.8 Å². The quantitative estimate of drug-likeness (QED) is 0.777. The highest BCUT2D eigenvalue weighted by atomic mass is 16.2.